The van der Waals surface area contributed by atoms with Crippen molar-refractivity contribution in [1.82, 2.24) is 15.5 Å². The van der Waals surface area contributed by atoms with Gasteiger partial charge in [-0.2, -0.15) is 0 Å². The summed E-state index contributed by atoms with van der Waals surface area (Å²) in [6, 6.07) is 0. The molecule has 134 valence electrons. The normalized spacial score (nSPS) is 29.7. The highest BCUT2D eigenvalue weighted by Gasteiger charge is 2.21. The molecule has 0 spiro atoms. The van der Waals surface area contributed by atoms with Gasteiger partial charge >= 0.3 is 0 Å². The van der Waals surface area contributed by atoms with Crippen molar-refractivity contribution in [1.29, 1.82) is 0 Å². The maximum Gasteiger partial charge on any atom is 0.191 e. The Morgan fingerprint density at radius 1 is 1.22 bits per heavy atom. The Morgan fingerprint density at radius 3 is 2.65 bits per heavy atom. The van der Waals surface area contributed by atoms with Crippen LogP contribution in [0.4, 0.5) is 0 Å². The number of guanidine groups is 1. The minimum Gasteiger partial charge on any atom is -0.376 e. The molecule has 0 amide bonds. The fourth-order valence-electron chi connectivity index (χ4n) is 3.30. The van der Waals surface area contributed by atoms with E-state index in [1.54, 1.807) is 0 Å². The van der Waals surface area contributed by atoms with Crippen molar-refractivity contribution in [2.24, 2.45) is 4.99 Å². The number of ether oxygens (including phenoxy) is 2. The molecule has 0 radical (unpaired) electrons. The van der Waals surface area contributed by atoms with Gasteiger partial charge in [-0.05, 0) is 40.0 Å². The first kappa shape index (κ1) is 18.5. The average molecular weight is 326 g/mol. The van der Waals surface area contributed by atoms with Gasteiger partial charge in [0.2, 0.25) is 0 Å². The van der Waals surface area contributed by atoms with Gasteiger partial charge in [0.15, 0.2) is 5.96 Å². The molecule has 0 bridgehead atoms. The predicted octanol–water partition coefficient (Wildman–Crippen LogP) is 1.22. The number of hydrogen-bond acceptors (Lipinski definition) is 4. The summed E-state index contributed by atoms with van der Waals surface area (Å²) >= 11 is 0. The molecule has 0 aromatic rings. The summed E-state index contributed by atoms with van der Waals surface area (Å²) in [6.45, 7) is 13.1. The summed E-state index contributed by atoms with van der Waals surface area (Å²) in [5.41, 5.74) is 0. The second kappa shape index (κ2) is 10.1. The molecule has 2 aliphatic rings. The minimum absolute atomic E-state index is 0.307. The Bertz CT molecular complexity index is 349. The molecule has 0 aliphatic carbocycles. The number of hydrogen-bond donors (Lipinski definition) is 2. The third-order valence-corrected chi connectivity index (χ3v) is 4.26. The van der Waals surface area contributed by atoms with Gasteiger partial charge in [-0.3, -0.25) is 9.89 Å². The van der Waals surface area contributed by atoms with E-state index in [-0.39, 0.29) is 0 Å². The Morgan fingerprint density at radius 2 is 2.00 bits per heavy atom. The molecule has 2 saturated heterocycles. The Labute approximate surface area is 141 Å². The van der Waals surface area contributed by atoms with Gasteiger partial charge in [0.25, 0.3) is 0 Å². The summed E-state index contributed by atoms with van der Waals surface area (Å²) in [4.78, 5) is 7.14. The van der Waals surface area contributed by atoms with E-state index < -0.39 is 0 Å². The third-order valence-electron chi connectivity index (χ3n) is 4.26. The molecule has 2 fully saturated rings. The second-order valence-electron chi connectivity index (χ2n) is 6.65. The minimum atomic E-state index is 0.307. The molecule has 3 atom stereocenters. The molecular formula is C17H34N4O2. The molecule has 2 aliphatic heterocycles. The van der Waals surface area contributed by atoms with Crippen LogP contribution in [0.3, 0.4) is 0 Å². The molecular weight excluding hydrogens is 292 g/mol. The van der Waals surface area contributed by atoms with Crippen molar-refractivity contribution < 1.29 is 9.47 Å². The number of rotatable bonds is 7. The lowest BCUT2D eigenvalue weighted by Gasteiger charge is -2.35. The number of aliphatic imine (C=N–C) groups is 1. The zero-order valence-corrected chi connectivity index (χ0v) is 15.0. The first-order valence-electron chi connectivity index (χ1n) is 9.19. The lowest BCUT2D eigenvalue weighted by Crippen LogP contribution is -2.46. The molecule has 0 aromatic heterocycles. The summed E-state index contributed by atoms with van der Waals surface area (Å²) in [7, 11) is 0. The van der Waals surface area contributed by atoms with Crippen LogP contribution in [0, 0.1) is 0 Å². The molecule has 23 heavy (non-hydrogen) atoms. The van der Waals surface area contributed by atoms with Crippen molar-refractivity contribution in [3.05, 3.63) is 0 Å². The largest absolute Gasteiger partial charge is 0.376 e. The second-order valence-corrected chi connectivity index (χ2v) is 6.65. The lowest BCUT2D eigenvalue weighted by molar-refractivity contribution is -0.0679. The van der Waals surface area contributed by atoms with Crippen molar-refractivity contribution in [3.8, 4) is 0 Å². The van der Waals surface area contributed by atoms with Crippen molar-refractivity contribution >= 4 is 5.96 Å². The van der Waals surface area contributed by atoms with Crippen LogP contribution in [-0.2, 0) is 9.47 Å². The SMILES string of the molecule is CCNC(=NCC1CCCO1)NCCCN1CC(C)OC(C)C1. The smallest absolute Gasteiger partial charge is 0.191 e. The Balaban J connectivity index is 1.64. The number of nitrogens with one attached hydrogen (secondary N) is 2. The lowest BCUT2D eigenvalue weighted by atomic mass is 10.2. The first-order chi connectivity index (χ1) is 11.2. The Hall–Kier alpha value is -0.850. The van der Waals surface area contributed by atoms with Gasteiger partial charge in [-0.1, -0.05) is 0 Å². The van der Waals surface area contributed by atoms with Crippen molar-refractivity contribution in [2.75, 3.05) is 45.9 Å². The molecule has 2 rings (SSSR count). The molecule has 2 N–H and O–H groups in total. The van der Waals surface area contributed by atoms with E-state index in [9.17, 15) is 0 Å². The molecule has 0 saturated carbocycles. The highest BCUT2D eigenvalue weighted by molar-refractivity contribution is 5.79. The maximum atomic E-state index is 5.78. The fourth-order valence-corrected chi connectivity index (χ4v) is 3.30. The van der Waals surface area contributed by atoms with Gasteiger partial charge in [0.1, 0.15) is 0 Å². The van der Waals surface area contributed by atoms with E-state index in [0.29, 0.717) is 18.3 Å². The predicted molar refractivity (Wildman–Crippen MR) is 94.0 cm³/mol. The molecule has 3 unspecified atom stereocenters. The third kappa shape index (κ3) is 7.06. The van der Waals surface area contributed by atoms with E-state index in [1.165, 1.54) is 6.42 Å². The highest BCUT2D eigenvalue weighted by Crippen LogP contribution is 2.12. The molecule has 2 heterocycles. The van der Waals surface area contributed by atoms with Gasteiger partial charge in [-0.25, -0.2) is 0 Å². The van der Waals surface area contributed by atoms with Crippen LogP contribution in [0.2, 0.25) is 0 Å². The van der Waals surface area contributed by atoms with Crippen LogP contribution in [0.5, 0.6) is 0 Å². The van der Waals surface area contributed by atoms with Gasteiger partial charge < -0.3 is 20.1 Å². The van der Waals surface area contributed by atoms with E-state index >= 15 is 0 Å². The summed E-state index contributed by atoms with van der Waals surface area (Å²) in [5.74, 6) is 0.909. The van der Waals surface area contributed by atoms with Crippen LogP contribution in [0.15, 0.2) is 4.99 Å². The van der Waals surface area contributed by atoms with Crippen molar-refractivity contribution in [2.45, 2.75) is 58.3 Å². The molecule has 6 heteroatoms. The first-order valence-corrected chi connectivity index (χ1v) is 9.19. The standard InChI is InChI=1S/C17H34N4O2/c1-4-18-17(20-11-16-7-5-10-22-16)19-8-6-9-21-12-14(2)23-15(3)13-21/h14-16H,4-13H2,1-3H3,(H2,18,19,20). The van der Waals surface area contributed by atoms with E-state index in [1.807, 2.05) is 0 Å². The van der Waals surface area contributed by atoms with Crippen LogP contribution >= 0.6 is 0 Å². The average Bonchev–Trinajstić information content (AvgIpc) is 3.01. The van der Waals surface area contributed by atoms with Gasteiger partial charge in [0, 0.05) is 39.3 Å². The monoisotopic (exact) mass is 326 g/mol. The van der Waals surface area contributed by atoms with E-state index in [0.717, 1.165) is 64.7 Å². The topological polar surface area (TPSA) is 58.1 Å². The summed E-state index contributed by atoms with van der Waals surface area (Å²) < 4.78 is 11.4. The highest BCUT2D eigenvalue weighted by atomic mass is 16.5. The summed E-state index contributed by atoms with van der Waals surface area (Å²) in [5, 5.41) is 6.74. The van der Waals surface area contributed by atoms with E-state index in [4.69, 9.17) is 9.47 Å². The van der Waals surface area contributed by atoms with Crippen molar-refractivity contribution in [3.63, 3.8) is 0 Å². The van der Waals surface area contributed by atoms with Crippen LogP contribution in [-0.4, -0.2) is 75.0 Å². The fraction of sp³-hybridized carbons (Fsp3) is 0.941. The summed E-state index contributed by atoms with van der Waals surface area (Å²) in [6.07, 6.45) is 4.41. The Kier molecular flexibility index (Phi) is 8.12. The quantitative estimate of drug-likeness (QED) is 0.418. The van der Waals surface area contributed by atoms with Crippen LogP contribution in [0.1, 0.15) is 40.0 Å². The zero-order valence-electron chi connectivity index (χ0n) is 15.0. The zero-order chi connectivity index (χ0) is 16.5. The maximum absolute atomic E-state index is 5.78. The van der Waals surface area contributed by atoms with E-state index in [2.05, 4.69) is 41.3 Å². The number of nitrogens with zero attached hydrogens (tertiary/aromatic N) is 2. The van der Waals surface area contributed by atoms with Gasteiger partial charge in [0.05, 0.1) is 24.9 Å². The van der Waals surface area contributed by atoms with Gasteiger partial charge in [-0.15, -0.1) is 0 Å². The van der Waals surface area contributed by atoms with Crippen LogP contribution < -0.4 is 10.6 Å². The van der Waals surface area contributed by atoms with Crippen LogP contribution in [0.25, 0.3) is 0 Å². The molecule has 6 nitrogen and oxygen atoms in total. The number of morpholine rings is 1. The molecule has 0 aromatic carbocycles.